The van der Waals surface area contributed by atoms with Gasteiger partial charge in [0.15, 0.2) is 11.6 Å². The molecule has 1 N–H and O–H groups in total. The number of nitrogens with one attached hydrogen (secondary N) is 1. The molecule has 4 rings (SSSR count). The minimum atomic E-state index is -0.333. The molecule has 1 fully saturated rings. The molecule has 1 atom stereocenters. The molecule has 0 amide bonds. The van der Waals surface area contributed by atoms with Gasteiger partial charge in [-0.05, 0) is 55.3 Å². The van der Waals surface area contributed by atoms with Gasteiger partial charge in [-0.1, -0.05) is 12.1 Å². The number of likely N-dealkylation sites (tertiary alicyclic amines) is 1. The molecule has 6 heteroatoms. The van der Waals surface area contributed by atoms with Crippen LogP contribution in [0.15, 0.2) is 54.9 Å². The van der Waals surface area contributed by atoms with Crippen molar-refractivity contribution in [2.45, 2.75) is 31.8 Å². The maximum Gasteiger partial charge on any atom is 0.165 e. The average molecular weight is 366 g/mol. The largest absolute Gasteiger partial charge is 0.490 e. The third-order valence-electron chi connectivity index (χ3n) is 4.96. The molecule has 3 heterocycles. The van der Waals surface area contributed by atoms with Crippen molar-refractivity contribution >= 4 is 0 Å². The van der Waals surface area contributed by atoms with Gasteiger partial charge in [0.2, 0.25) is 0 Å². The third-order valence-corrected chi connectivity index (χ3v) is 4.96. The van der Waals surface area contributed by atoms with Crippen LogP contribution in [0.1, 0.15) is 35.8 Å². The van der Waals surface area contributed by atoms with Gasteiger partial charge in [-0.25, -0.2) is 4.39 Å². The number of H-pyrrole nitrogens is 1. The van der Waals surface area contributed by atoms with E-state index in [-0.39, 0.29) is 11.6 Å². The Kier molecular flexibility index (Phi) is 5.44. The number of hydrogen-bond acceptors (Lipinski definition) is 4. The van der Waals surface area contributed by atoms with Crippen LogP contribution >= 0.6 is 0 Å². The quantitative estimate of drug-likeness (QED) is 0.689. The van der Waals surface area contributed by atoms with Crippen LogP contribution in [0.3, 0.4) is 0 Å². The number of para-hydroxylation sites is 1. The lowest BCUT2D eigenvalue weighted by atomic mass is 10.1. The molecule has 1 aliphatic heterocycles. The number of pyridine rings is 1. The first-order valence-electron chi connectivity index (χ1n) is 9.34. The normalized spacial score (nSPS) is 17.3. The molecule has 1 aliphatic rings. The molecule has 140 valence electrons. The highest BCUT2D eigenvalue weighted by molar-refractivity contribution is 5.23. The molecule has 1 saturated heterocycles. The van der Waals surface area contributed by atoms with Crippen LogP contribution in [-0.2, 0) is 13.0 Å². The van der Waals surface area contributed by atoms with Gasteiger partial charge in [-0.2, -0.15) is 5.10 Å². The monoisotopic (exact) mass is 366 g/mol. The molecule has 0 saturated carbocycles. The van der Waals surface area contributed by atoms with Crippen LogP contribution in [0.5, 0.6) is 5.75 Å². The summed E-state index contributed by atoms with van der Waals surface area (Å²) in [6, 6.07) is 13.0. The van der Waals surface area contributed by atoms with Gasteiger partial charge in [0, 0.05) is 31.1 Å². The fraction of sp³-hybridized carbons (Fsp3) is 0.333. The summed E-state index contributed by atoms with van der Waals surface area (Å²) < 4.78 is 19.1. The van der Waals surface area contributed by atoms with Crippen LogP contribution in [0, 0.1) is 5.82 Å². The fourth-order valence-corrected chi connectivity index (χ4v) is 3.58. The van der Waals surface area contributed by atoms with Crippen LogP contribution in [0.25, 0.3) is 0 Å². The summed E-state index contributed by atoms with van der Waals surface area (Å²) in [6.07, 6.45) is 6.62. The summed E-state index contributed by atoms with van der Waals surface area (Å²) in [6.45, 7) is 2.39. The fourth-order valence-electron chi connectivity index (χ4n) is 3.58. The number of benzene rings is 1. The number of hydrogen-bond donors (Lipinski definition) is 1. The smallest absolute Gasteiger partial charge is 0.165 e. The summed E-state index contributed by atoms with van der Waals surface area (Å²) >= 11 is 0. The van der Waals surface area contributed by atoms with E-state index in [2.05, 4.69) is 38.3 Å². The number of nitrogens with zero attached hydrogens (tertiary/aromatic N) is 3. The topological polar surface area (TPSA) is 54.0 Å². The number of aromatic amines is 1. The first kappa shape index (κ1) is 17.7. The summed E-state index contributed by atoms with van der Waals surface area (Å²) in [7, 11) is 0. The Bertz CT molecular complexity index is 867. The van der Waals surface area contributed by atoms with Crippen LogP contribution < -0.4 is 4.74 Å². The van der Waals surface area contributed by atoms with Gasteiger partial charge in [0.25, 0.3) is 0 Å². The SMILES string of the molecule is Fc1ccccc1OCCc1cc(C2CCCN2Cc2ccncc2)n[nH]1. The molecule has 27 heavy (non-hydrogen) atoms. The standard InChI is InChI=1S/C21H23FN4O/c22-18-4-1-2-6-21(18)27-13-9-17-14-19(25-24-17)20-5-3-12-26(20)15-16-7-10-23-11-8-16/h1-2,4,6-8,10-11,14,20H,3,5,9,12-13,15H2,(H,24,25). The summed E-state index contributed by atoms with van der Waals surface area (Å²) in [5.74, 6) is -0.0444. The number of ether oxygens (including phenoxy) is 1. The van der Waals surface area contributed by atoms with Crippen molar-refractivity contribution in [3.8, 4) is 5.75 Å². The van der Waals surface area contributed by atoms with Crippen molar-refractivity contribution in [3.05, 3.63) is 77.6 Å². The lowest BCUT2D eigenvalue weighted by molar-refractivity contribution is 0.244. The highest BCUT2D eigenvalue weighted by Gasteiger charge is 2.27. The van der Waals surface area contributed by atoms with E-state index in [1.54, 1.807) is 18.2 Å². The Hall–Kier alpha value is -2.73. The van der Waals surface area contributed by atoms with E-state index in [4.69, 9.17) is 4.74 Å². The first-order valence-corrected chi connectivity index (χ1v) is 9.34. The summed E-state index contributed by atoms with van der Waals surface area (Å²) in [5, 5.41) is 7.63. The summed E-state index contributed by atoms with van der Waals surface area (Å²) in [5.41, 5.74) is 3.35. The molecule has 0 radical (unpaired) electrons. The lowest BCUT2D eigenvalue weighted by Crippen LogP contribution is -2.23. The Morgan fingerprint density at radius 3 is 2.89 bits per heavy atom. The van der Waals surface area contributed by atoms with E-state index in [1.165, 1.54) is 18.1 Å². The highest BCUT2D eigenvalue weighted by Crippen LogP contribution is 2.32. The summed E-state index contributed by atoms with van der Waals surface area (Å²) in [4.78, 5) is 6.55. The molecule has 0 bridgehead atoms. The second-order valence-corrected chi connectivity index (χ2v) is 6.83. The minimum absolute atomic E-state index is 0.288. The Labute approximate surface area is 158 Å². The Morgan fingerprint density at radius 1 is 1.19 bits per heavy atom. The van der Waals surface area contributed by atoms with E-state index in [1.807, 2.05) is 12.4 Å². The number of aromatic nitrogens is 3. The molecule has 1 aromatic carbocycles. The van der Waals surface area contributed by atoms with Gasteiger partial charge < -0.3 is 4.74 Å². The van der Waals surface area contributed by atoms with Gasteiger partial charge in [0.1, 0.15) is 0 Å². The Balaban J connectivity index is 1.35. The van der Waals surface area contributed by atoms with Crippen molar-refractivity contribution in [2.24, 2.45) is 0 Å². The predicted molar refractivity (Wildman–Crippen MR) is 101 cm³/mol. The Morgan fingerprint density at radius 2 is 2.04 bits per heavy atom. The maximum atomic E-state index is 13.6. The van der Waals surface area contributed by atoms with E-state index in [9.17, 15) is 4.39 Å². The lowest BCUT2D eigenvalue weighted by Gasteiger charge is -2.22. The van der Waals surface area contributed by atoms with Crippen molar-refractivity contribution in [3.63, 3.8) is 0 Å². The molecule has 3 aromatic rings. The second kappa shape index (κ2) is 8.31. The van der Waals surface area contributed by atoms with Crippen LogP contribution in [0.4, 0.5) is 4.39 Å². The average Bonchev–Trinajstić information content (AvgIpc) is 3.33. The zero-order valence-electron chi connectivity index (χ0n) is 15.1. The molecule has 5 nitrogen and oxygen atoms in total. The van der Waals surface area contributed by atoms with Crippen molar-refractivity contribution in [2.75, 3.05) is 13.2 Å². The van der Waals surface area contributed by atoms with Crippen molar-refractivity contribution < 1.29 is 9.13 Å². The van der Waals surface area contributed by atoms with Gasteiger partial charge in [-0.15, -0.1) is 0 Å². The first-order chi connectivity index (χ1) is 13.3. The second-order valence-electron chi connectivity index (χ2n) is 6.83. The highest BCUT2D eigenvalue weighted by atomic mass is 19.1. The maximum absolute atomic E-state index is 13.6. The van der Waals surface area contributed by atoms with Crippen LogP contribution in [0.2, 0.25) is 0 Å². The third kappa shape index (κ3) is 4.34. The minimum Gasteiger partial charge on any atom is -0.490 e. The van der Waals surface area contributed by atoms with Gasteiger partial charge in [-0.3, -0.25) is 15.0 Å². The molecular formula is C21H23FN4O. The zero-order chi connectivity index (χ0) is 18.5. The van der Waals surface area contributed by atoms with Crippen molar-refractivity contribution in [1.29, 1.82) is 0 Å². The molecule has 2 aromatic heterocycles. The van der Waals surface area contributed by atoms with Crippen molar-refractivity contribution in [1.82, 2.24) is 20.1 Å². The number of rotatable bonds is 7. The molecule has 0 aliphatic carbocycles. The number of halogens is 1. The van der Waals surface area contributed by atoms with Gasteiger partial charge in [0.05, 0.1) is 18.3 Å². The predicted octanol–water partition coefficient (Wildman–Crippen LogP) is 3.90. The van der Waals surface area contributed by atoms with E-state index >= 15 is 0 Å². The molecule has 0 spiro atoms. The van der Waals surface area contributed by atoms with Gasteiger partial charge >= 0.3 is 0 Å². The van der Waals surface area contributed by atoms with E-state index < -0.39 is 0 Å². The van der Waals surface area contributed by atoms with Crippen LogP contribution in [-0.4, -0.2) is 33.2 Å². The molecule has 1 unspecified atom stereocenters. The molecular weight excluding hydrogens is 343 g/mol. The van der Waals surface area contributed by atoms with E-state index in [0.717, 1.165) is 30.9 Å². The zero-order valence-corrected chi connectivity index (χ0v) is 15.1. The van der Waals surface area contributed by atoms with E-state index in [0.29, 0.717) is 19.1 Å².